The molecule has 0 radical (unpaired) electrons. The zero-order chi connectivity index (χ0) is 12.3. The quantitative estimate of drug-likeness (QED) is 0.863. The first-order valence-electron chi connectivity index (χ1n) is 5.11. The van der Waals surface area contributed by atoms with Crippen LogP contribution in [0.25, 0.3) is 0 Å². The topological polar surface area (TPSA) is 35.2 Å². The summed E-state index contributed by atoms with van der Waals surface area (Å²) >= 11 is 2.17. The third-order valence-corrected chi connectivity index (χ3v) is 3.12. The number of halogens is 2. The van der Waals surface area contributed by atoms with E-state index in [1.165, 1.54) is 12.1 Å². The fraction of sp³-hybridized carbons (Fsp3) is 0.0769. The van der Waals surface area contributed by atoms with E-state index >= 15 is 0 Å². The van der Waals surface area contributed by atoms with E-state index in [0.29, 0.717) is 23.6 Å². The van der Waals surface area contributed by atoms with Crippen LogP contribution in [0.15, 0.2) is 42.5 Å². The van der Waals surface area contributed by atoms with Gasteiger partial charge in [0.05, 0.1) is 3.57 Å². The normalized spacial score (nSPS) is 10.3. The van der Waals surface area contributed by atoms with Gasteiger partial charge in [0.1, 0.15) is 17.3 Å². The van der Waals surface area contributed by atoms with Crippen LogP contribution in [-0.2, 0) is 6.54 Å². The summed E-state index contributed by atoms with van der Waals surface area (Å²) in [5.41, 5.74) is 6.20. The van der Waals surface area contributed by atoms with Crippen molar-refractivity contribution in [3.8, 4) is 11.5 Å². The zero-order valence-corrected chi connectivity index (χ0v) is 11.1. The van der Waals surface area contributed by atoms with Crippen LogP contribution < -0.4 is 10.5 Å². The highest BCUT2D eigenvalue weighted by atomic mass is 127. The SMILES string of the molecule is NCc1cc(F)cc(Oc2ccccc2I)c1. The molecule has 0 bridgehead atoms. The molecule has 0 aliphatic carbocycles. The zero-order valence-electron chi connectivity index (χ0n) is 8.99. The molecule has 0 saturated heterocycles. The summed E-state index contributed by atoms with van der Waals surface area (Å²) in [7, 11) is 0. The Bertz CT molecular complexity index is 531. The second kappa shape index (κ2) is 5.46. The molecule has 0 spiro atoms. The van der Waals surface area contributed by atoms with Gasteiger partial charge in [-0.25, -0.2) is 4.39 Å². The van der Waals surface area contributed by atoms with Crippen molar-refractivity contribution in [1.29, 1.82) is 0 Å². The van der Waals surface area contributed by atoms with Gasteiger partial charge in [0.25, 0.3) is 0 Å². The monoisotopic (exact) mass is 343 g/mol. The molecular weight excluding hydrogens is 332 g/mol. The number of nitrogens with two attached hydrogens (primary N) is 1. The predicted octanol–water partition coefficient (Wildman–Crippen LogP) is 3.68. The Morgan fingerprint density at radius 3 is 2.65 bits per heavy atom. The number of hydrogen-bond acceptors (Lipinski definition) is 2. The van der Waals surface area contributed by atoms with Gasteiger partial charge in [-0.1, -0.05) is 12.1 Å². The lowest BCUT2D eigenvalue weighted by Crippen LogP contribution is -1.98. The highest BCUT2D eigenvalue weighted by Gasteiger charge is 2.04. The second-order valence-electron chi connectivity index (χ2n) is 3.53. The Kier molecular flexibility index (Phi) is 3.96. The van der Waals surface area contributed by atoms with Crippen molar-refractivity contribution >= 4 is 22.6 Å². The van der Waals surface area contributed by atoms with Gasteiger partial charge in [-0.05, 0) is 52.4 Å². The minimum absolute atomic E-state index is 0.292. The van der Waals surface area contributed by atoms with Crippen LogP contribution in [0.3, 0.4) is 0 Å². The molecule has 2 aromatic carbocycles. The number of benzene rings is 2. The molecule has 0 amide bonds. The second-order valence-corrected chi connectivity index (χ2v) is 4.69. The van der Waals surface area contributed by atoms with Crippen LogP contribution >= 0.6 is 22.6 Å². The van der Waals surface area contributed by atoms with Gasteiger partial charge in [-0.3, -0.25) is 0 Å². The molecule has 0 fully saturated rings. The fourth-order valence-corrected chi connectivity index (χ4v) is 1.95. The molecule has 0 aliphatic heterocycles. The molecule has 0 aliphatic rings. The number of hydrogen-bond donors (Lipinski definition) is 1. The van der Waals surface area contributed by atoms with Crippen molar-refractivity contribution in [1.82, 2.24) is 0 Å². The minimum atomic E-state index is -0.339. The average molecular weight is 343 g/mol. The van der Waals surface area contributed by atoms with E-state index in [1.807, 2.05) is 24.3 Å². The third-order valence-electron chi connectivity index (χ3n) is 2.23. The minimum Gasteiger partial charge on any atom is -0.456 e. The van der Waals surface area contributed by atoms with Crippen LogP contribution in [0.2, 0.25) is 0 Å². The van der Waals surface area contributed by atoms with Crippen molar-refractivity contribution in [2.24, 2.45) is 5.73 Å². The van der Waals surface area contributed by atoms with Crippen molar-refractivity contribution < 1.29 is 9.13 Å². The summed E-state index contributed by atoms with van der Waals surface area (Å²) in [5, 5.41) is 0. The van der Waals surface area contributed by atoms with Gasteiger partial charge in [-0.2, -0.15) is 0 Å². The van der Waals surface area contributed by atoms with Gasteiger partial charge in [0.2, 0.25) is 0 Å². The predicted molar refractivity (Wildman–Crippen MR) is 73.5 cm³/mol. The Morgan fingerprint density at radius 1 is 1.18 bits per heavy atom. The molecule has 2 rings (SSSR count). The van der Waals surface area contributed by atoms with Crippen molar-refractivity contribution in [3.63, 3.8) is 0 Å². The van der Waals surface area contributed by atoms with Crippen molar-refractivity contribution in [2.45, 2.75) is 6.54 Å². The molecule has 0 atom stereocenters. The third kappa shape index (κ3) is 3.17. The highest BCUT2D eigenvalue weighted by Crippen LogP contribution is 2.27. The van der Waals surface area contributed by atoms with Gasteiger partial charge >= 0.3 is 0 Å². The molecule has 17 heavy (non-hydrogen) atoms. The number of rotatable bonds is 3. The van der Waals surface area contributed by atoms with Crippen molar-refractivity contribution in [2.75, 3.05) is 0 Å². The largest absolute Gasteiger partial charge is 0.456 e. The average Bonchev–Trinajstić information content (AvgIpc) is 2.31. The Balaban J connectivity index is 2.30. The summed E-state index contributed by atoms with van der Waals surface area (Å²) < 4.78 is 19.9. The molecule has 88 valence electrons. The van der Waals surface area contributed by atoms with Crippen molar-refractivity contribution in [3.05, 3.63) is 57.4 Å². The Labute approximate surface area is 113 Å². The first-order valence-corrected chi connectivity index (χ1v) is 6.19. The maximum absolute atomic E-state index is 13.3. The van der Waals surface area contributed by atoms with E-state index in [-0.39, 0.29) is 5.82 Å². The van der Waals surface area contributed by atoms with Gasteiger partial charge in [0, 0.05) is 12.6 Å². The van der Waals surface area contributed by atoms with Crippen LogP contribution in [-0.4, -0.2) is 0 Å². The maximum atomic E-state index is 13.3. The summed E-state index contributed by atoms with van der Waals surface area (Å²) in [6.45, 7) is 0.292. The summed E-state index contributed by atoms with van der Waals surface area (Å²) in [6.07, 6.45) is 0. The molecule has 0 unspecified atom stereocenters. The van der Waals surface area contributed by atoms with E-state index in [2.05, 4.69) is 22.6 Å². The van der Waals surface area contributed by atoms with Crippen LogP contribution in [0.4, 0.5) is 4.39 Å². The highest BCUT2D eigenvalue weighted by molar-refractivity contribution is 14.1. The molecule has 0 heterocycles. The van der Waals surface area contributed by atoms with Crippen LogP contribution in [0.5, 0.6) is 11.5 Å². The van der Waals surface area contributed by atoms with Gasteiger partial charge < -0.3 is 10.5 Å². The molecular formula is C13H11FINO. The molecule has 2 aromatic rings. The van der Waals surface area contributed by atoms with Crippen LogP contribution in [0, 0.1) is 9.39 Å². The molecule has 0 saturated carbocycles. The molecule has 2 N–H and O–H groups in total. The summed E-state index contributed by atoms with van der Waals surface area (Å²) in [4.78, 5) is 0. The Morgan fingerprint density at radius 2 is 1.94 bits per heavy atom. The van der Waals surface area contributed by atoms with Crippen LogP contribution in [0.1, 0.15) is 5.56 Å². The smallest absolute Gasteiger partial charge is 0.140 e. The number of para-hydroxylation sites is 1. The van der Waals surface area contributed by atoms with E-state index in [4.69, 9.17) is 10.5 Å². The summed E-state index contributed by atoms with van der Waals surface area (Å²) in [6, 6.07) is 12.1. The van der Waals surface area contributed by atoms with E-state index < -0.39 is 0 Å². The lowest BCUT2D eigenvalue weighted by atomic mass is 10.2. The first kappa shape index (κ1) is 12.3. The fourth-order valence-electron chi connectivity index (χ4n) is 1.45. The lowest BCUT2D eigenvalue weighted by Gasteiger charge is -2.09. The van der Waals surface area contributed by atoms with Gasteiger partial charge in [-0.15, -0.1) is 0 Å². The van der Waals surface area contributed by atoms with E-state index in [1.54, 1.807) is 6.07 Å². The molecule has 0 aromatic heterocycles. The molecule has 4 heteroatoms. The molecule has 2 nitrogen and oxygen atoms in total. The number of ether oxygens (including phenoxy) is 1. The summed E-state index contributed by atoms with van der Waals surface area (Å²) in [5.74, 6) is 0.838. The first-order chi connectivity index (χ1) is 8.19. The Hall–Kier alpha value is -1.14. The maximum Gasteiger partial charge on any atom is 0.140 e. The van der Waals surface area contributed by atoms with E-state index in [9.17, 15) is 4.39 Å². The standard InChI is InChI=1S/C13H11FINO/c14-10-5-9(8-16)6-11(7-10)17-13-4-2-1-3-12(13)15/h1-7H,8,16H2. The van der Waals surface area contributed by atoms with E-state index in [0.717, 1.165) is 3.57 Å². The van der Waals surface area contributed by atoms with Gasteiger partial charge in [0.15, 0.2) is 0 Å². The lowest BCUT2D eigenvalue weighted by molar-refractivity contribution is 0.472.